The number of hydrogen-bond donors (Lipinski definition) is 0. The van der Waals surface area contributed by atoms with Crippen molar-refractivity contribution < 1.29 is 9.18 Å². The largest absolute Gasteiger partial charge is 0.312 e. The maximum absolute atomic E-state index is 12.9. The maximum atomic E-state index is 12.9. The van der Waals surface area contributed by atoms with E-state index >= 15 is 0 Å². The summed E-state index contributed by atoms with van der Waals surface area (Å²) in [6.07, 6.45) is 2.39. The summed E-state index contributed by atoms with van der Waals surface area (Å²) in [7, 11) is 0. The van der Waals surface area contributed by atoms with Gasteiger partial charge in [0.2, 0.25) is 5.91 Å². The minimum absolute atomic E-state index is 0.0871. The van der Waals surface area contributed by atoms with Crippen LogP contribution in [0, 0.1) is 5.82 Å². The Bertz CT molecular complexity index is 389. The van der Waals surface area contributed by atoms with Gasteiger partial charge >= 0.3 is 0 Å². The third kappa shape index (κ3) is 1.87. The zero-order valence-electron chi connectivity index (χ0n) is 8.79. The lowest BCUT2D eigenvalue weighted by Gasteiger charge is -2.16. The van der Waals surface area contributed by atoms with Crippen LogP contribution in [-0.2, 0) is 11.2 Å². The molecule has 1 aliphatic heterocycles. The van der Waals surface area contributed by atoms with Gasteiger partial charge in [0.05, 0.1) is 6.42 Å². The van der Waals surface area contributed by atoms with Crippen molar-refractivity contribution in [3.63, 3.8) is 0 Å². The predicted octanol–water partition coefficient (Wildman–Crippen LogP) is 2.51. The highest BCUT2D eigenvalue weighted by Gasteiger charge is 2.26. The lowest BCUT2D eigenvalue weighted by molar-refractivity contribution is -0.117. The predicted molar refractivity (Wildman–Crippen MR) is 57.4 cm³/mol. The first kappa shape index (κ1) is 10.1. The van der Waals surface area contributed by atoms with Gasteiger partial charge in [0.15, 0.2) is 0 Å². The summed E-state index contributed by atoms with van der Waals surface area (Å²) in [5, 5.41) is 0. The van der Waals surface area contributed by atoms with Gasteiger partial charge in [-0.3, -0.25) is 4.79 Å². The molecule has 0 saturated heterocycles. The summed E-state index contributed by atoms with van der Waals surface area (Å²) in [6.45, 7) is 2.83. The van der Waals surface area contributed by atoms with E-state index in [1.54, 1.807) is 11.0 Å². The molecule has 1 aromatic carbocycles. The number of benzene rings is 1. The number of halogens is 1. The van der Waals surface area contributed by atoms with Crippen molar-refractivity contribution in [2.45, 2.75) is 26.2 Å². The molecule has 0 spiro atoms. The van der Waals surface area contributed by atoms with E-state index in [1.807, 2.05) is 0 Å². The Morgan fingerprint density at radius 3 is 3.00 bits per heavy atom. The lowest BCUT2D eigenvalue weighted by atomic mass is 10.1. The van der Waals surface area contributed by atoms with Gasteiger partial charge in [-0.15, -0.1) is 0 Å². The number of anilines is 1. The van der Waals surface area contributed by atoms with E-state index in [1.165, 1.54) is 12.1 Å². The summed E-state index contributed by atoms with van der Waals surface area (Å²) in [4.78, 5) is 13.4. The molecule has 0 bridgehead atoms. The van der Waals surface area contributed by atoms with Crippen LogP contribution in [0.2, 0.25) is 0 Å². The number of fused-ring (bicyclic) bond motifs is 1. The van der Waals surface area contributed by atoms with E-state index in [2.05, 4.69) is 6.92 Å². The second kappa shape index (κ2) is 4.01. The number of hydrogen-bond acceptors (Lipinski definition) is 1. The zero-order chi connectivity index (χ0) is 10.8. The summed E-state index contributed by atoms with van der Waals surface area (Å²) in [5.41, 5.74) is 1.70. The van der Waals surface area contributed by atoms with Crippen molar-refractivity contribution in [1.82, 2.24) is 0 Å². The molecule has 1 heterocycles. The number of carbonyl (C=O) groups excluding carboxylic acids is 1. The molecule has 0 saturated carbocycles. The minimum atomic E-state index is -0.265. The summed E-state index contributed by atoms with van der Waals surface area (Å²) in [5.74, 6) is -0.178. The van der Waals surface area contributed by atoms with Crippen LogP contribution in [0.3, 0.4) is 0 Å². The van der Waals surface area contributed by atoms with E-state index in [9.17, 15) is 9.18 Å². The fourth-order valence-corrected chi connectivity index (χ4v) is 1.91. The molecule has 0 aliphatic carbocycles. The van der Waals surface area contributed by atoms with Crippen molar-refractivity contribution in [3.05, 3.63) is 29.6 Å². The molecule has 1 aromatic rings. The van der Waals surface area contributed by atoms with Crippen molar-refractivity contribution in [2.24, 2.45) is 0 Å². The minimum Gasteiger partial charge on any atom is -0.312 e. The fourth-order valence-electron chi connectivity index (χ4n) is 1.91. The van der Waals surface area contributed by atoms with Gasteiger partial charge in [-0.25, -0.2) is 4.39 Å². The molecule has 1 aliphatic rings. The summed E-state index contributed by atoms with van der Waals surface area (Å²) >= 11 is 0. The van der Waals surface area contributed by atoms with Crippen LogP contribution in [0.4, 0.5) is 10.1 Å². The first-order chi connectivity index (χ1) is 7.22. The average molecular weight is 207 g/mol. The van der Waals surface area contributed by atoms with Crippen LogP contribution < -0.4 is 4.90 Å². The summed E-state index contributed by atoms with van der Waals surface area (Å²) in [6, 6.07) is 4.57. The van der Waals surface area contributed by atoms with Crippen LogP contribution in [0.15, 0.2) is 18.2 Å². The van der Waals surface area contributed by atoms with Crippen LogP contribution in [0.1, 0.15) is 25.3 Å². The van der Waals surface area contributed by atoms with Gasteiger partial charge in [-0.2, -0.15) is 0 Å². The molecule has 1 amide bonds. The fraction of sp³-hybridized carbons (Fsp3) is 0.417. The normalized spacial score (nSPS) is 14.5. The Kier molecular flexibility index (Phi) is 2.71. The van der Waals surface area contributed by atoms with Gasteiger partial charge in [0.25, 0.3) is 0 Å². The average Bonchev–Trinajstić information content (AvgIpc) is 2.50. The molecular weight excluding hydrogens is 193 g/mol. The van der Waals surface area contributed by atoms with Gasteiger partial charge in [0, 0.05) is 12.2 Å². The standard InChI is InChI=1S/C12H14FNO/c1-2-3-6-14-11-5-4-10(13)7-9(11)8-12(14)15/h4-5,7H,2-3,6,8H2,1H3. The van der Waals surface area contributed by atoms with Crippen molar-refractivity contribution in [1.29, 1.82) is 0 Å². The van der Waals surface area contributed by atoms with E-state index in [0.717, 1.165) is 30.6 Å². The SMILES string of the molecule is CCCCN1C(=O)Cc2cc(F)ccc21. The Hall–Kier alpha value is -1.38. The zero-order valence-corrected chi connectivity index (χ0v) is 8.79. The highest BCUT2D eigenvalue weighted by atomic mass is 19.1. The number of carbonyl (C=O) groups is 1. The van der Waals surface area contributed by atoms with Crippen molar-refractivity contribution in [3.8, 4) is 0 Å². The molecule has 0 unspecified atom stereocenters. The number of unbranched alkanes of at least 4 members (excludes halogenated alkanes) is 1. The highest BCUT2D eigenvalue weighted by molar-refractivity contribution is 6.01. The second-order valence-electron chi connectivity index (χ2n) is 3.85. The van der Waals surface area contributed by atoms with Crippen molar-refractivity contribution >= 4 is 11.6 Å². The third-order valence-corrected chi connectivity index (χ3v) is 2.71. The number of amides is 1. The third-order valence-electron chi connectivity index (χ3n) is 2.71. The molecule has 0 radical (unpaired) electrons. The Morgan fingerprint density at radius 1 is 1.47 bits per heavy atom. The van der Waals surface area contributed by atoms with Crippen LogP contribution >= 0.6 is 0 Å². The van der Waals surface area contributed by atoms with E-state index in [0.29, 0.717) is 6.42 Å². The number of nitrogens with zero attached hydrogens (tertiary/aromatic N) is 1. The monoisotopic (exact) mass is 207 g/mol. The van der Waals surface area contributed by atoms with E-state index < -0.39 is 0 Å². The van der Waals surface area contributed by atoms with Gasteiger partial charge in [-0.05, 0) is 30.2 Å². The topological polar surface area (TPSA) is 20.3 Å². The molecular formula is C12H14FNO. The first-order valence-electron chi connectivity index (χ1n) is 5.31. The van der Waals surface area contributed by atoms with Crippen LogP contribution in [-0.4, -0.2) is 12.5 Å². The Balaban J connectivity index is 2.25. The van der Waals surface area contributed by atoms with E-state index in [-0.39, 0.29) is 11.7 Å². The Labute approximate surface area is 88.7 Å². The van der Waals surface area contributed by atoms with Crippen LogP contribution in [0.5, 0.6) is 0 Å². The molecule has 0 aromatic heterocycles. The molecule has 0 atom stereocenters. The van der Waals surface area contributed by atoms with Gasteiger partial charge < -0.3 is 4.90 Å². The Morgan fingerprint density at radius 2 is 2.27 bits per heavy atom. The van der Waals surface area contributed by atoms with Gasteiger partial charge in [-0.1, -0.05) is 13.3 Å². The summed E-state index contributed by atoms with van der Waals surface area (Å²) < 4.78 is 12.9. The van der Waals surface area contributed by atoms with Crippen LogP contribution in [0.25, 0.3) is 0 Å². The highest BCUT2D eigenvalue weighted by Crippen LogP contribution is 2.29. The molecule has 80 valence electrons. The molecule has 0 N–H and O–H groups in total. The molecule has 2 rings (SSSR count). The smallest absolute Gasteiger partial charge is 0.231 e. The second-order valence-corrected chi connectivity index (χ2v) is 3.85. The molecule has 0 fully saturated rings. The maximum Gasteiger partial charge on any atom is 0.231 e. The first-order valence-corrected chi connectivity index (χ1v) is 5.31. The lowest BCUT2D eigenvalue weighted by Crippen LogP contribution is -2.27. The molecule has 3 heteroatoms. The molecule has 15 heavy (non-hydrogen) atoms. The van der Waals surface area contributed by atoms with Gasteiger partial charge in [0.1, 0.15) is 5.82 Å². The van der Waals surface area contributed by atoms with Crippen molar-refractivity contribution in [2.75, 3.05) is 11.4 Å². The number of rotatable bonds is 3. The molecule has 2 nitrogen and oxygen atoms in total. The quantitative estimate of drug-likeness (QED) is 0.745. The van der Waals surface area contributed by atoms with E-state index in [4.69, 9.17) is 0 Å².